The number of ether oxygens (including phenoxy) is 1. The van der Waals surface area contributed by atoms with Crippen molar-refractivity contribution in [1.82, 2.24) is 14.9 Å². The Morgan fingerprint density at radius 1 is 1.53 bits per heavy atom. The molecular weight excluding hydrogens is 245 g/mol. The van der Waals surface area contributed by atoms with E-state index in [1.54, 1.807) is 18.3 Å². The number of rotatable bonds is 4. The molecule has 3 rings (SSSR count). The maximum Gasteiger partial charge on any atom is 0.123 e. The topological polar surface area (TPSA) is 39.1 Å². The second-order valence-electron chi connectivity index (χ2n) is 4.72. The number of hydrogen-bond donors (Lipinski definition) is 1. The van der Waals surface area contributed by atoms with Crippen molar-refractivity contribution in [2.45, 2.75) is 25.6 Å². The van der Waals surface area contributed by atoms with E-state index in [4.69, 9.17) is 4.74 Å². The molecule has 1 unspecified atom stereocenters. The highest BCUT2D eigenvalue weighted by Gasteiger charge is 2.24. The average Bonchev–Trinajstić information content (AvgIpc) is 2.97. The average molecular weight is 261 g/mol. The molecule has 0 saturated heterocycles. The highest BCUT2D eigenvalue weighted by atomic mass is 19.1. The van der Waals surface area contributed by atoms with Gasteiger partial charge in [-0.1, -0.05) is 0 Å². The van der Waals surface area contributed by atoms with E-state index in [2.05, 4.69) is 14.9 Å². The molecule has 0 fully saturated rings. The van der Waals surface area contributed by atoms with Gasteiger partial charge in [-0.15, -0.1) is 0 Å². The Morgan fingerprint density at radius 2 is 2.42 bits per heavy atom. The molecule has 2 aromatic rings. The van der Waals surface area contributed by atoms with Crippen LogP contribution in [0.15, 0.2) is 30.6 Å². The molecule has 1 aliphatic heterocycles. The molecule has 0 saturated carbocycles. The van der Waals surface area contributed by atoms with Crippen molar-refractivity contribution in [3.63, 3.8) is 0 Å². The van der Waals surface area contributed by atoms with Crippen molar-refractivity contribution < 1.29 is 9.13 Å². The summed E-state index contributed by atoms with van der Waals surface area (Å²) in [4.78, 5) is 4.30. The summed E-state index contributed by atoms with van der Waals surface area (Å²) >= 11 is 0. The molecule has 1 aromatic heterocycles. The standard InChI is InChI=1S/C14H16FN3O/c1-16-8-14-17-4-5-18(14)9-12-7-10-6-11(15)2-3-13(10)19-12/h2-6,12,16H,7-9H2,1H3. The maximum absolute atomic E-state index is 13.2. The van der Waals surface area contributed by atoms with Gasteiger partial charge in [0.1, 0.15) is 23.5 Å². The first-order valence-electron chi connectivity index (χ1n) is 6.36. The van der Waals surface area contributed by atoms with Crippen molar-refractivity contribution in [2.24, 2.45) is 0 Å². The van der Waals surface area contributed by atoms with Crippen LogP contribution in [0, 0.1) is 5.82 Å². The summed E-state index contributed by atoms with van der Waals surface area (Å²) in [6, 6.07) is 4.69. The smallest absolute Gasteiger partial charge is 0.123 e. The van der Waals surface area contributed by atoms with Gasteiger partial charge in [0, 0.05) is 24.4 Å². The number of halogens is 1. The van der Waals surface area contributed by atoms with Crippen molar-refractivity contribution in [3.05, 3.63) is 47.8 Å². The van der Waals surface area contributed by atoms with Crippen LogP contribution in [0.2, 0.25) is 0 Å². The van der Waals surface area contributed by atoms with E-state index in [1.165, 1.54) is 6.07 Å². The zero-order valence-electron chi connectivity index (χ0n) is 10.8. The highest BCUT2D eigenvalue weighted by Crippen LogP contribution is 2.29. The van der Waals surface area contributed by atoms with Crippen LogP contribution in [0.3, 0.4) is 0 Å². The van der Waals surface area contributed by atoms with Crippen molar-refractivity contribution in [3.8, 4) is 5.75 Å². The molecule has 5 heteroatoms. The normalized spacial score (nSPS) is 17.3. The molecule has 0 radical (unpaired) electrons. The second kappa shape index (κ2) is 5.01. The predicted octanol–water partition coefficient (Wildman–Crippen LogP) is 1.75. The van der Waals surface area contributed by atoms with Crippen LogP contribution >= 0.6 is 0 Å². The summed E-state index contributed by atoms with van der Waals surface area (Å²) in [5, 5.41) is 3.09. The fraction of sp³-hybridized carbons (Fsp3) is 0.357. The minimum atomic E-state index is -0.207. The molecule has 19 heavy (non-hydrogen) atoms. The summed E-state index contributed by atoms with van der Waals surface area (Å²) in [5.41, 5.74) is 0.945. The first kappa shape index (κ1) is 12.2. The molecule has 1 aromatic carbocycles. The van der Waals surface area contributed by atoms with E-state index < -0.39 is 0 Å². The summed E-state index contributed by atoms with van der Waals surface area (Å²) in [5.74, 6) is 1.57. The van der Waals surface area contributed by atoms with Gasteiger partial charge in [-0.25, -0.2) is 9.37 Å². The first-order chi connectivity index (χ1) is 9.26. The maximum atomic E-state index is 13.2. The molecule has 1 aliphatic rings. The number of imidazole rings is 1. The lowest BCUT2D eigenvalue weighted by Gasteiger charge is -2.13. The molecule has 1 N–H and O–H groups in total. The van der Waals surface area contributed by atoms with Gasteiger partial charge in [-0.2, -0.15) is 0 Å². The fourth-order valence-electron chi connectivity index (χ4n) is 2.44. The third-order valence-corrected chi connectivity index (χ3v) is 3.30. The summed E-state index contributed by atoms with van der Waals surface area (Å²) in [6.45, 7) is 1.45. The van der Waals surface area contributed by atoms with E-state index in [1.807, 2.05) is 13.2 Å². The zero-order valence-corrected chi connectivity index (χ0v) is 10.8. The van der Waals surface area contributed by atoms with Crippen molar-refractivity contribution in [2.75, 3.05) is 7.05 Å². The van der Waals surface area contributed by atoms with Crippen LogP contribution in [-0.4, -0.2) is 22.7 Å². The van der Waals surface area contributed by atoms with Crippen LogP contribution in [0.1, 0.15) is 11.4 Å². The van der Waals surface area contributed by atoms with Gasteiger partial charge in [-0.05, 0) is 25.2 Å². The Hall–Kier alpha value is -1.88. The Morgan fingerprint density at radius 3 is 3.26 bits per heavy atom. The monoisotopic (exact) mass is 261 g/mol. The largest absolute Gasteiger partial charge is 0.488 e. The van der Waals surface area contributed by atoms with E-state index >= 15 is 0 Å². The number of nitrogens with one attached hydrogen (secondary N) is 1. The Kier molecular flexibility index (Phi) is 3.21. The van der Waals surface area contributed by atoms with Gasteiger partial charge >= 0.3 is 0 Å². The number of nitrogens with zero attached hydrogens (tertiary/aromatic N) is 2. The van der Waals surface area contributed by atoms with Gasteiger partial charge in [-0.3, -0.25) is 0 Å². The minimum absolute atomic E-state index is 0.0432. The van der Waals surface area contributed by atoms with Crippen molar-refractivity contribution in [1.29, 1.82) is 0 Å². The van der Waals surface area contributed by atoms with Crippen molar-refractivity contribution >= 4 is 0 Å². The van der Waals surface area contributed by atoms with Gasteiger partial charge in [0.15, 0.2) is 0 Å². The number of fused-ring (bicyclic) bond motifs is 1. The minimum Gasteiger partial charge on any atom is -0.488 e. The summed E-state index contributed by atoms with van der Waals surface area (Å²) in [7, 11) is 1.89. The van der Waals surface area contributed by atoms with E-state index in [9.17, 15) is 4.39 Å². The van der Waals surface area contributed by atoms with Crippen LogP contribution in [0.25, 0.3) is 0 Å². The number of aromatic nitrogens is 2. The molecule has 1 atom stereocenters. The summed E-state index contributed by atoms with van der Waals surface area (Å²) in [6.07, 6.45) is 4.51. The third kappa shape index (κ3) is 2.46. The molecule has 100 valence electrons. The highest BCUT2D eigenvalue weighted by molar-refractivity contribution is 5.37. The molecule has 0 spiro atoms. The first-order valence-corrected chi connectivity index (χ1v) is 6.36. The van der Waals surface area contributed by atoms with Crippen LogP contribution in [-0.2, 0) is 19.5 Å². The third-order valence-electron chi connectivity index (χ3n) is 3.30. The molecule has 2 heterocycles. The van der Waals surface area contributed by atoms with E-state index in [-0.39, 0.29) is 11.9 Å². The van der Waals surface area contributed by atoms with E-state index in [0.29, 0.717) is 0 Å². The number of hydrogen-bond acceptors (Lipinski definition) is 3. The quantitative estimate of drug-likeness (QED) is 0.911. The Labute approximate surface area is 111 Å². The van der Waals surface area contributed by atoms with Crippen LogP contribution in [0.4, 0.5) is 4.39 Å². The predicted molar refractivity (Wildman–Crippen MR) is 69.5 cm³/mol. The summed E-state index contributed by atoms with van der Waals surface area (Å²) < 4.78 is 21.1. The Bertz CT molecular complexity index is 582. The van der Waals surface area contributed by atoms with E-state index in [0.717, 1.165) is 36.6 Å². The molecular formula is C14H16FN3O. The molecule has 0 bridgehead atoms. The lowest BCUT2D eigenvalue weighted by Crippen LogP contribution is -2.23. The van der Waals surface area contributed by atoms with Gasteiger partial charge in [0.25, 0.3) is 0 Å². The SMILES string of the molecule is CNCc1nccn1CC1Cc2cc(F)ccc2O1. The zero-order chi connectivity index (χ0) is 13.2. The molecule has 0 amide bonds. The Balaban J connectivity index is 1.71. The molecule has 0 aliphatic carbocycles. The van der Waals surface area contributed by atoms with Crippen LogP contribution in [0.5, 0.6) is 5.75 Å². The van der Waals surface area contributed by atoms with Gasteiger partial charge in [0.05, 0.1) is 13.1 Å². The van der Waals surface area contributed by atoms with Gasteiger partial charge < -0.3 is 14.6 Å². The lowest BCUT2D eigenvalue weighted by molar-refractivity contribution is 0.207. The second-order valence-corrected chi connectivity index (χ2v) is 4.72. The van der Waals surface area contributed by atoms with Gasteiger partial charge in [0.2, 0.25) is 0 Å². The number of benzene rings is 1. The molecule has 4 nitrogen and oxygen atoms in total. The fourth-order valence-corrected chi connectivity index (χ4v) is 2.44. The van der Waals surface area contributed by atoms with Crippen LogP contribution < -0.4 is 10.1 Å². The lowest BCUT2D eigenvalue weighted by atomic mass is 10.1.